The van der Waals surface area contributed by atoms with Crippen LogP contribution in [0.2, 0.25) is 0 Å². The third-order valence-electron chi connectivity index (χ3n) is 6.90. The van der Waals surface area contributed by atoms with Crippen molar-refractivity contribution in [1.82, 2.24) is 9.97 Å². The number of benzene rings is 1. The number of nitrogens with one attached hydrogen (secondary N) is 1. The number of rotatable bonds is 9. The minimum Gasteiger partial charge on any atom is -0.485 e. The van der Waals surface area contributed by atoms with Crippen molar-refractivity contribution in [3.63, 3.8) is 0 Å². The van der Waals surface area contributed by atoms with E-state index in [0.717, 1.165) is 12.3 Å². The molecule has 1 aromatic carbocycles. The number of hydrogen-bond acceptors (Lipinski definition) is 8. The van der Waals surface area contributed by atoms with E-state index < -0.39 is 36.1 Å². The van der Waals surface area contributed by atoms with E-state index in [0.29, 0.717) is 18.4 Å². The number of aliphatic imine (C=N–C) groups is 1. The van der Waals surface area contributed by atoms with Crippen LogP contribution >= 0.6 is 11.8 Å². The lowest BCUT2D eigenvalue weighted by molar-refractivity contribution is -0.148. The van der Waals surface area contributed by atoms with E-state index in [2.05, 4.69) is 20.3 Å². The number of halogens is 6. The van der Waals surface area contributed by atoms with Gasteiger partial charge in [-0.15, -0.1) is 0 Å². The Morgan fingerprint density at radius 1 is 1.23 bits per heavy atom. The van der Waals surface area contributed by atoms with Crippen LogP contribution in [0.1, 0.15) is 18.9 Å². The third-order valence-corrected chi connectivity index (χ3v) is 8.18. The molecule has 208 valence electrons. The molecule has 2 aliphatic rings. The van der Waals surface area contributed by atoms with Gasteiger partial charge in [0.05, 0.1) is 23.1 Å². The standard InChI is InChI=1S/C25H23F6N5O2S/c1-23(17-8-24(17,10-37-2)39-22(32)36-23)15-6-13(7-16(26)18(15)27)35-20-19-12(3-4-33-20)5-14(9-34-19)38-11-25(30,31)21(28)29/h3-7,9,17,21H,8,10-11H2,1-2H3,(H2,32,36)(H,33,35)/t17-,23+,24+/m0/s1. The molecule has 3 heterocycles. The number of aromatic nitrogens is 2. The van der Waals surface area contributed by atoms with Crippen LogP contribution in [0, 0.1) is 17.6 Å². The number of thioether (sulfide) groups is 1. The van der Waals surface area contributed by atoms with Crippen LogP contribution < -0.4 is 15.8 Å². The van der Waals surface area contributed by atoms with Crippen molar-refractivity contribution in [2.24, 2.45) is 16.6 Å². The average Bonchev–Trinajstić information content (AvgIpc) is 3.59. The number of amidine groups is 1. The number of methoxy groups -OCH3 is 1. The van der Waals surface area contributed by atoms with E-state index in [1.165, 1.54) is 36.2 Å². The lowest BCUT2D eigenvalue weighted by Crippen LogP contribution is -2.37. The van der Waals surface area contributed by atoms with Crippen molar-refractivity contribution in [2.45, 2.75) is 36.0 Å². The molecule has 2 aromatic heterocycles. The smallest absolute Gasteiger partial charge is 0.340 e. The van der Waals surface area contributed by atoms with Gasteiger partial charge < -0.3 is 20.5 Å². The highest BCUT2D eigenvalue weighted by Gasteiger charge is 2.66. The van der Waals surface area contributed by atoms with Crippen molar-refractivity contribution >= 4 is 39.3 Å². The van der Waals surface area contributed by atoms with Crippen molar-refractivity contribution in [1.29, 1.82) is 0 Å². The summed E-state index contributed by atoms with van der Waals surface area (Å²) in [7, 11) is 1.56. The summed E-state index contributed by atoms with van der Waals surface area (Å²) in [6, 6.07) is 5.23. The molecule has 0 bridgehead atoms. The Kier molecular flexibility index (Phi) is 6.82. The van der Waals surface area contributed by atoms with Crippen molar-refractivity contribution in [3.05, 3.63) is 53.9 Å². The van der Waals surface area contributed by atoms with Crippen molar-refractivity contribution in [2.75, 3.05) is 25.6 Å². The van der Waals surface area contributed by atoms with Crippen LogP contribution in [-0.4, -0.2) is 52.6 Å². The summed E-state index contributed by atoms with van der Waals surface area (Å²) in [4.78, 5) is 12.9. The summed E-state index contributed by atoms with van der Waals surface area (Å²) < 4.78 is 91.1. The minimum atomic E-state index is -4.32. The van der Waals surface area contributed by atoms with Crippen LogP contribution in [0.3, 0.4) is 0 Å². The maximum atomic E-state index is 15.2. The molecule has 3 aromatic rings. The molecule has 0 spiro atoms. The molecule has 0 saturated heterocycles. The maximum Gasteiger partial charge on any atom is 0.340 e. The molecule has 3 N–H and O–H groups in total. The van der Waals surface area contributed by atoms with E-state index in [-0.39, 0.29) is 44.2 Å². The largest absolute Gasteiger partial charge is 0.485 e. The van der Waals surface area contributed by atoms with Gasteiger partial charge in [0, 0.05) is 41.9 Å². The fourth-order valence-electron chi connectivity index (χ4n) is 4.95. The van der Waals surface area contributed by atoms with E-state index in [1.807, 2.05) is 0 Å². The lowest BCUT2D eigenvalue weighted by Gasteiger charge is -2.34. The zero-order valence-electron chi connectivity index (χ0n) is 20.7. The predicted molar refractivity (Wildman–Crippen MR) is 135 cm³/mol. The summed E-state index contributed by atoms with van der Waals surface area (Å²) >= 11 is 1.37. The van der Waals surface area contributed by atoms with E-state index in [1.54, 1.807) is 14.0 Å². The van der Waals surface area contributed by atoms with Gasteiger partial charge in [-0.05, 0) is 31.5 Å². The molecule has 7 nitrogen and oxygen atoms in total. The van der Waals surface area contributed by atoms with Crippen LogP contribution in [0.5, 0.6) is 5.75 Å². The normalized spacial score (nSPS) is 24.4. The molecule has 5 rings (SSSR count). The van der Waals surface area contributed by atoms with E-state index in [4.69, 9.17) is 15.2 Å². The Labute approximate surface area is 223 Å². The Hall–Kier alpha value is -3.26. The molecule has 1 fully saturated rings. The molecule has 1 aliphatic carbocycles. The maximum absolute atomic E-state index is 15.2. The Bertz CT molecular complexity index is 1460. The predicted octanol–water partition coefficient (Wildman–Crippen LogP) is 5.61. The van der Waals surface area contributed by atoms with Gasteiger partial charge in [-0.25, -0.2) is 27.5 Å². The van der Waals surface area contributed by atoms with Gasteiger partial charge in [0.25, 0.3) is 0 Å². The van der Waals surface area contributed by atoms with Crippen LogP contribution in [0.25, 0.3) is 10.9 Å². The van der Waals surface area contributed by atoms with E-state index in [9.17, 15) is 22.0 Å². The first kappa shape index (κ1) is 27.3. The van der Waals surface area contributed by atoms with Gasteiger partial charge in [-0.2, -0.15) is 8.78 Å². The monoisotopic (exact) mass is 571 g/mol. The SMILES string of the molecule is COC[C@]12C[C@H]1[C@@](C)(c1cc(Nc3nccc4cc(OCC(F)(F)C(F)F)cnc34)cc(F)c1F)N=C(N)S2. The van der Waals surface area contributed by atoms with Gasteiger partial charge >= 0.3 is 12.3 Å². The molecular weight excluding hydrogens is 548 g/mol. The zero-order valence-corrected chi connectivity index (χ0v) is 21.5. The molecule has 39 heavy (non-hydrogen) atoms. The van der Waals surface area contributed by atoms with Crippen LogP contribution in [0.4, 0.5) is 37.8 Å². The Morgan fingerprint density at radius 3 is 2.72 bits per heavy atom. The van der Waals surface area contributed by atoms with Gasteiger partial charge in [-0.3, -0.25) is 4.99 Å². The topological polar surface area (TPSA) is 94.6 Å². The number of anilines is 2. The summed E-state index contributed by atoms with van der Waals surface area (Å²) in [5, 5.41) is 3.56. The summed E-state index contributed by atoms with van der Waals surface area (Å²) in [6.07, 6.45) is -0.764. The second-order valence-corrected chi connectivity index (χ2v) is 11.1. The highest BCUT2D eigenvalue weighted by atomic mass is 32.2. The first-order valence-corrected chi connectivity index (χ1v) is 12.5. The number of fused-ring (bicyclic) bond motifs is 2. The second kappa shape index (κ2) is 9.73. The average molecular weight is 572 g/mol. The second-order valence-electron chi connectivity index (χ2n) is 9.65. The van der Waals surface area contributed by atoms with Gasteiger partial charge in [0.1, 0.15) is 11.3 Å². The van der Waals surface area contributed by atoms with Crippen LogP contribution in [0.15, 0.2) is 41.7 Å². The number of pyridine rings is 2. The molecule has 3 atom stereocenters. The number of nitrogens with zero attached hydrogens (tertiary/aromatic N) is 3. The van der Waals surface area contributed by atoms with E-state index >= 15 is 4.39 Å². The quantitative estimate of drug-likeness (QED) is 0.323. The molecule has 1 aliphatic heterocycles. The summed E-state index contributed by atoms with van der Waals surface area (Å²) in [6.45, 7) is 0.565. The fraction of sp³-hybridized carbons (Fsp3) is 0.400. The van der Waals surface area contributed by atoms with Crippen molar-refractivity contribution < 1.29 is 35.8 Å². The lowest BCUT2D eigenvalue weighted by atomic mass is 9.85. The Balaban J connectivity index is 1.45. The first-order valence-electron chi connectivity index (χ1n) is 11.7. The first-order chi connectivity index (χ1) is 18.4. The molecule has 0 amide bonds. The van der Waals surface area contributed by atoms with Crippen molar-refractivity contribution in [3.8, 4) is 5.75 Å². The molecule has 14 heteroatoms. The van der Waals surface area contributed by atoms with Gasteiger partial charge in [0.15, 0.2) is 29.2 Å². The number of ether oxygens (including phenoxy) is 2. The molecule has 0 radical (unpaired) electrons. The molecule has 1 saturated carbocycles. The molecular formula is C25H23F6N5O2S. The number of hydrogen-bond donors (Lipinski definition) is 2. The number of alkyl halides is 4. The molecule has 0 unspecified atom stereocenters. The highest BCUT2D eigenvalue weighted by Crippen LogP contribution is 2.66. The summed E-state index contributed by atoms with van der Waals surface area (Å²) in [5.41, 5.74) is 5.36. The fourth-order valence-corrected chi connectivity index (χ4v) is 6.40. The van der Waals surface area contributed by atoms with Crippen LogP contribution in [-0.2, 0) is 10.3 Å². The summed E-state index contributed by atoms with van der Waals surface area (Å²) in [5.74, 6) is -6.61. The highest BCUT2D eigenvalue weighted by molar-refractivity contribution is 8.15. The number of nitrogens with two attached hydrogens (primary N) is 1. The van der Waals surface area contributed by atoms with Gasteiger partial charge in [-0.1, -0.05) is 11.8 Å². The van der Waals surface area contributed by atoms with Gasteiger partial charge in [0.2, 0.25) is 0 Å². The third kappa shape index (κ3) is 4.95. The minimum absolute atomic E-state index is 0.0140. The zero-order chi connectivity index (χ0) is 28.2. The Morgan fingerprint density at radius 2 is 2.00 bits per heavy atom.